The molecule has 0 aliphatic rings. The standard InChI is InChI=1S/C19H23N3O5/c1-19(2,3)27-18(25)21-12-16(23)20-11-13-6-4-7-14(10-13)22-17(24)15-8-5-9-26-15/h4-10H,11-12H2,1-3H3,(H,20,23)(H,21,25)(H,22,24). The number of alkyl carbamates (subject to hydrolysis) is 1. The van der Waals surface area contributed by atoms with Gasteiger partial charge >= 0.3 is 6.09 Å². The smallest absolute Gasteiger partial charge is 0.408 e. The summed E-state index contributed by atoms with van der Waals surface area (Å²) in [6, 6.07) is 10.2. The van der Waals surface area contributed by atoms with Crippen LogP contribution < -0.4 is 16.0 Å². The van der Waals surface area contributed by atoms with Gasteiger partial charge in [-0.05, 0) is 50.6 Å². The first-order valence-corrected chi connectivity index (χ1v) is 8.40. The highest BCUT2D eigenvalue weighted by Gasteiger charge is 2.16. The Bertz CT molecular complexity index is 794. The Morgan fingerprint density at radius 3 is 2.52 bits per heavy atom. The van der Waals surface area contributed by atoms with Crippen LogP contribution in [0.5, 0.6) is 0 Å². The van der Waals surface area contributed by atoms with E-state index in [1.165, 1.54) is 6.26 Å². The highest BCUT2D eigenvalue weighted by Crippen LogP contribution is 2.12. The Kier molecular flexibility index (Phi) is 6.59. The van der Waals surface area contributed by atoms with E-state index in [-0.39, 0.29) is 30.7 Å². The molecule has 0 bridgehead atoms. The van der Waals surface area contributed by atoms with E-state index in [0.717, 1.165) is 5.56 Å². The fraction of sp³-hybridized carbons (Fsp3) is 0.316. The molecule has 0 aliphatic carbocycles. The third kappa shape index (κ3) is 7.23. The maximum absolute atomic E-state index is 12.0. The van der Waals surface area contributed by atoms with Crippen molar-refractivity contribution in [2.75, 3.05) is 11.9 Å². The summed E-state index contributed by atoms with van der Waals surface area (Å²) in [7, 11) is 0. The van der Waals surface area contributed by atoms with E-state index in [1.807, 2.05) is 6.07 Å². The Morgan fingerprint density at radius 1 is 1.07 bits per heavy atom. The second kappa shape index (κ2) is 8.88. The molecular weight excluding hydrogens is 350 g/mol. The number of anilines is 1. The average Bonchev–Trinajstić information content (AvgIpc) is 3.12. The second-order valence-electron chi connectivity index (χ2n) is 6.76. The first kappa shape index (κ1) is 20.0. The van der Waals surface area contributed by atoms with Gasteiger partial charge in [0.15, 0.2) is 5.76 Å². The van der Waals surface area contributed by atoms with Gasteiger partial charge in [0, 0.05) is 12.2 Å². The molecule has 8 nitrogen and oxygen atoms in total. The van der Waals surface area contributed by atoms with Gasteiger partial charge in [0.05, 0.1) is 6.26 Å². The Morgan fingerprint density at radius 2 is 1.85 bits per heavy atom. The summed E-state index contributed by atoms with van der Waals surface area (Å²) < 4.78 is 10.1. The van der Waals surface area contributed by atoms with Crippen LogP contribution >= 0.6 is 0 Å². The average molecular weight is 373 g/mol. The van der Waals surface area contributed by atoms with Crippen LogP contribution in [0.25, 0.3) is 0 Å². The first-order valence-electron chi connectivity index (χ1n) is 8.40. The molecule has 144 valence electrons. The summed E-state index contributed by atoms with van der Waals surface area (Å²) in [4.78, 5) is 35.3. The van der Waals surface area contributed by atoms with Crippen molar-refractivity contribution < 1.29 is 23.5 Å². The van der Waals surface area contributed by atoms with Gasteiger partial charge in [-0.15, -0.1) is 0 Å². The molecule has 0 aliphatic heterocycles. The molecule has 3 amide bonds. The molecule has 0 radical (unpaired) electrons. The molecule has 3 N–H and O–H groups in total. The molecule has 8 heteroatoms. The number of benzene rings is 1. The second-order valence-corrected chi connectivity index (χ2v) is 6.76. The van der Waals surface area contributed by atoms with Crippen LogP contribution in [0.2, 0.25) is 0 Å². The van der Waals surface area contributed by atoms with Gasteiger partial charge in [0.1, 0.15) is 12.1 Å². The van der Waals surface area contributed by atoms with Crippen molar-refractivity contribution in [3.63, 3.8) is 0 Å². The van der Waals surface area contributed by atoms with Crippen molar-refractivity contribution in [1.82, 2.24) is 10.6 Å². The van der Waals surface area contributed by atoms with Gasteiger partial charge in [-0.25, -0.2) is 4.79 Å². The Labute approximate surface area is 157 Å². The number of amides is 3. The van der Waals surface area contributed by atoms with Crippen molar-refractivity contribution in [3.8, 4) is 0 Å². The highest BCUT2D eigenvalue weighted by molar-refractivity contribution is 6.02. The maximum Gasteiger partial charge on any atom is 0.408 e. The number of furan rings is 1. The molecule has 2 rings (SSSR count). The van der Waals surface area contributed by atoms with Gasteiger partial charge in [-0.2, -0.15) is 0 Å². The van der Waals surface area contributed by atoms with Gasteiger partial charge in [0.25, 0.3) is 5.91 Å². The van der Waals surface area contributed by atoms with Gasteiger partial charge in [-0.1, -0.05) is 12.1 Å². The third-order valence-corrected chi connectivity index (χ3v) is 3.21. The molecule has 0 saturated carbocycles. The molecular formula is C19H23N3O5. The zero-order chi connectivity index (χ0) is 19.9. The number of ether oxygens (including phenoxy) is 1. The summed E-state index contributed by atoms with van der Waals surface area (Å²) >= 11 is 0. The summed E-state index contributed by atoms with van der Waals surface area (Å²) in [5.41, 5.74) is 0.744. The van der Waals surface area contributed by atoms with E-state index >= 15 is 0 Å². The zero-order valence-electron chi connectivity index (χ0n) is 15.5. The number of nitrogens with one attached hydrogen (secondary N) is 3. The Balaban J connectivity index is 1.79. The normalized spacial score (nSPS) is 10.8. The van der Waals surface area contributed by atoms with Crippen LogP contribution in [0.3, 0.4) is 0 Å². The molecule has 0 unspecified atom stereocenters. The minimum atomic E-state index is -0.653. The van der Waals surface area contributed by atoms with E-state index in [0.29, 0.717) is 5.69 Å². The van der Waals surface area contributed by atoms with E-state index in [1.54, 1.807) is 51.1 Å². The molecule has 2 aromatic rings. The van der Waals surface area contributed by atoms with Gasteiger partial charge in [0.2, 0.25) is 5.91 Å². The topological polar surface area (TPSA) is 110 Å². The number of hydrogen-bond donors (Lipinski definition) is 3. The number of carbonyl (C=O) groups is 3. The highest BCUT2D eigenvalue weighted by atomic mass is 16.6. The predicted molar refractivity (Wildman–Crippen MR) is 99.2 cm³/mol. The predicted octanol–water partition coefficient (Wildman–Crippen LogP) is 2.67. The lowest BCUT2D eigenvalue weighted by atomic mass is 10.2. The van der Waals surface area contributed by atoms with E-state index < -0.39 is 11.7 Å². The Hall–Kier alpha value is -3.29. The van der Waals surface area contributed by atoms with Crippen LogP contribution in [0, 0.1) is 0 Å². The monoisotopic (exact) mass is 373 g/mol. The van der Waals surface area contributed by atoms with Crippen molar-refractivity contribution >= 4 is 23.6 Å². The zero-order valence-corrected chi connectivity index (χ0v) is 15.5. The molecule has 27 heavy (non-hydrogen) atoms. The minimum absolute atomic E-state index is 0.191. The van der Waals surface area contributed by atoms with Gasteiger partial charge in [-0.3, -0.25) is 9.59 Å². The van der Waals surface area contributed by atoms with Crippen LogP contribution in [0.1, 0.15) is 36.9 Å². The van der Waals surface area contributed by atoms with Crippen LogP contribution in [-0.4, -0.2) is 30.1 Å². The first-order chi connectivity index (χ1) is 12.7. The summed E-state index contributed by atoms with van der Waals surface area (Å²) in [6.45, 7) is 5.28. The fourth-order valence-corrected chi connectivity index (χ4v) is 2.09. The lowest BCUT2D eigenvalue weighted by Crippen LogP contribution is -2.39. The quantitative estimate of drug-likeness (QED) is 0.721. The number of carbonyl (C=O) groups excluding carboxylic acids is 3. The van der Waals surface area contributed by atoms with E-state index in [4.69, 9.17) is 9.15 Å². The van der Waals surface area contributed by atoms with Crippen LogP contribution in [0.4, 0.5) is 10.5 Å². The summed E-state index contributed by atoms with van der Waals surface area (Å²) in [5, 5.41) is 7.79. The van der Waals surface area contributed by atoms with Crippen molar-refractivity contribution in [2.24, 2.45) is 0 Å². The van der Waals surface area contributed by atoms with Crippen molar-refractivity contribution in [2.45, 2.75) is 32.9 Å². The summed E-state index contributed by atoms with van der Waals surface area (Å²) in [6.07, 6.45) is 0.770. The number of hydrogen-bond acceptors (Lipinski definition) is 5. The minimum Gasteiger partial charge on any atom is -0.459 e. The van der Waals surface area contributed by atoms with E-state index in [9.17, 15) is 14.4 Å². The molecule has 0 spiro atoms. The molecule has 1 heterocycles. The van der Waals surface area contributed by atoms with Crippen LogP contribution in [-0.2, 0) is 16.1 Å². The molecule has 0 atom stereocenters. The summed E-state index contributed by atoms with van der Waals surface area (Å²) in [5.74, 6) is -0.504. The SMILES string of the molecule is CC(C)(C)OC(=O)NCC(=O)NCc1cccc(NC(=O)c2ccco2)c1. The van der Waals surface area contributed by atoms with Crippen molar-refractivity contribution in [1.29, 1.82) is 0 Å². The molecule has 0 saturated heterocycles. The molecule has 1 aromatic heterocycles. The third-order valence-electron chi connectivity index (χ3n) is 3.21. The lowest BCUT2D eigenvalue weighted by Gasteiger charge is -2.19. The molecule has 0 fully saturated rings. The van der Waals surface area contributed by atoms with Crippen molar-refractivity contribution in [3.05, 3.63) is 54.0 Å². The molecule has 1 aromatic carbocycles. The van der Waals surface area contributed by atoms with E-state index in [2.05, 4.69) is 16.0 Å². The number of rotatable bonds is 6. The van der Waals surface area contributed by atoms with Crippen LogP contribution in [0.15, 0.2) is 47.1 Å². The van der Waals surface area contributed by atoms with Gasteiger partial charge < -0.3 is 25.1 Å². The largest absolute Gasteiger partial charge is 0.459 e. The lowest BCUT2D eigenvalue weighted by molar-refractivity contribution is -0.120. The fourth-order valence-electron chi connectivity index (χ4n) is 2.09. The maximum atomic E-state index is 12.0.